The van der Waals surface area contributed by atoms with Crippen molar-refractivity contribution in [3.8, 4) is 0 Å². The molecule has 6 nitrogen and oxygen atoms in total. The molecule has 2 unspecified atom stereocenters. The molecular weight excluding hydrogens is 312 g/mol. The van der Waals surface area contributed by atoms with Crippen molar-refractivity contribution in [3.63, 3.8) is 0 Å². The van der Waals surface area contributed by atoms with Gasteiger partial charge in [0.2, 0.25) is 0 Å². The minimum atomic E-state index is -1.11. The van der Waals surface area contributed by atoms with Gasteiger partial charge in [-0.3, -0.25) is 0 Å². The van der Waals surface area contributed by atoms with Crippen molar-refractivity contribution in [2.24, 2.45) is 0 Å². The summed E-state index contributed by atoms with van der Waals surface area (Å²) in [6.45, 7) is 7.76. The number of rotatable bonds is 13. The highest BCUT2D eigenvalue weighted by Crippen LogP contribution is 2.27. The van der Waals surface area contributed by atoms with E-state index < -0.39 is 30.7 Å². The molecule has 0 aromatic carbocycles. The molecule has 6 heteroatoms. The molecule has 2 N–H and O–H groups in total. The predicted molar refractivity (Wildman–Crippen MR) is 91.9 cm³/mol. The molecule has 0 saturated carbocycles. The van der Waals surface area contributed by atoms with Crippen molar-refractivity contribution < 1.29 is 29.2 Å². The number of unbranched alkanes of at least 4 members (excludes halogenated alkanes) is 3. The maximum absolute atomic E-state index is 10.3. The topological polar surface area (TPSA) is 77.4 Å². The van der Waals surface area contributed by atoms with Gasteiger partial charge in [-0.05, 0) is 19.3 Å². The van der Waals surface area contributed by atoms with Gasteiger partial charge in [-0.25, -0.2) is 0 Å². The molecule has 0 radical (unpaired) electrons. The highest BCUT2D eigenvalue weighted by atomic mass is 16.7. The lowest BCUT2D eigenvalue weighted by atomic mass is 9.98. The maximum atomic E-state index is 10.3. The van der Waals surface area contributed by atoms with E-state index >= 15 is 0 Å². The Morgan fingerprint density at radius 2 is 1.21 bits per heavy atom. The van der Waals surface area contributed by atoms with Crippen molar-refractivity contribution >= 4 is 0 Å². The molecule has 5 atom stereocenters. The second-order valence-corrected chi connectivity index (χ2v) is 6.31. The van der Waals surface area contributed by atoms with Crippen molar-refractivity contribution in [3.05, 3.63) is 0 Å². The zero-order chi connectivity index (χ0) is 17.8. The van der Waals surface area contributed by atoms with Gasteiger partial charge in [0, 0.05) is 19.8 Å². The Bertz CT molecular complexity index is 301. The molecule has 0 amide bonds. The van der Waals surface area contributed by atoms with Crippen LogP contribution < -0.4 is 0 Å². The van der Waals surface area contributed by atoms with E-state index in [1.807, 2.05) is 0 Å². The van der Waals surface area contributed by atoms with Gasteiger partial charge in [-0.1, -0.05) is 40.0 Å². The standard InChI is InChI=1S/C18H36O6/c1-4-7-10-21-15-14(13-19)24-18(20)17(23-12-9-6-3)16(15)22-11-8-5-2/h14-20H,4-13H2,1-3H3/t14?,15-,16?,17+,18-/m1/s1. The van der Waals surface area contributed by atoms with Crippen molar-refractivity contribution in [2.45, 2.75) is 90.0 Å². The van der Waals surface area contributed by atoms with E-state index in [0.29, 0.717) is 19.8 Å². The third-order valence-electron chi connectivity index (χ3n) is 4.21. The van der Waals surface area contributed by atoms with E-state index in [1.54, 1.807) is 0 Å². The molecule has 1 aliphatic rings. The van der Waals surface area contributed by atoms with Crippen LogP contribution in [-0.4, -0.2) is 67.3 Å². The molecule has 0 spiro atoms. The first kappa shape index (κ1) is 21.8. The molecule has 1 aliphatic heterocycles. The Morgan fingerprint density at radius 3 is 1.67 bits per heavy atom. The second kappa shape index (κ2) is 13.0. The van der Waals surface area contributed by atoms with Crippen LogP contribution in [0.4, 0.5) is 0 Å². The first-order valence-corrected chi connectivity index (χ1v) is 9.48. The monoisotopic (exact) mass is 348 g/mol. The summed E-state index contributed by atoms with van der Waals surface area (Å²) in [5, 5.41) is 19.9. The van der Waals surface area contributed by atoms with Gasteiger partial charge in [0.1, 0.15) is 24.4 Å². The van der Waals surface area contributed by atoms with Crippen LogP contribution in [0.1, 0.15) is 59.3 Å². The third kappa shape index (κ3) is 6.94. The molecular formula is C18H36O6. The van der Waals surface area contributed by atoms with Gasteiger partial charge in [0.15, 0.2) is 6.29 Å². The van der Waals surface area contributed by atoms with E-state index in [4.69, 9.17) is 18.9 Å². The molecule has 0 aliphatic carbocycles. The smallest absolute Gasteiger partial charge is 0.184 e. The Morgan fingerprint density at radius 1 is 0.750 bits per heavy atom. The SMILES string of the molecule is CCCCOC1[C@H](OCCCC)C(CO)O[C@@H](O)[C@H]1OCCCC. The summed E-state index contributed by atoms with van der Waals surface area (Å²) in [5.41, 5.74) is 0. The predicted octanol–water partition coefficient (Wildman–Crippen LogP) is 2.25. The Hall–Kier alpha value is -0.240. The van der Waals surface area contributed by atoms with Crippen LogP contribution in [0.15, 0.2) is 0 Å². The van der Waals surface area contributed by atoms with Crippen LogP contribution in [0.3, 0.4) is 0 Å². The van der Waals surface area contributed by atoms with Crippen molar-refractivity contribution in [1.29, 1.82) is 0 Å². The Balaban J connectivity index is 2.79. The summed E-state index contributed by atoms with van der Waals surface area (Å²) in [6, 6.07) is 0. The lowest BCUT2D eigenvalue weighted by Gasteiger charge is -2.44. The van der Waals surface area contributed by atoms with Crippen LogP contribution in [0.5, 0.6) is 0 Å². The molecule has 24 heavy (non-hydrogen) atoms. The van der Waals surface area contributed by atoms with Gasteiger partial charge in [0.25, 0.3) is 0 Å². The average Bonchev–Trinajstić information content (AvgIpc) is 2.58. The minimum absolute atomic E-state index is 0.219. The van der Waals surface area contributed by atoms with Crippen LogP contribution >= 0.6 is 0 Å². The molecule has 0 bridgehead atoms. The van der Waals surface area contributed by atoms with E-state index in [9.17, 15) is 10.2 Å². The van der Waals surface area contributed by atoms with E-state index in [1.165, 1.54) is 0 Å². The van der Waals surface area contributed by atoms with Crippen molar-refractivity contribution in [2.75, 3.05) is 26.4 Å². The number of aliphatic hydroxyl groups is 2. The normalized spacial score (nSPS) is 30.6. The summed E-state index contributed by atoms with van der Waals surface area (Å²) >= 11 is 0. The van der Waals surface area contributed by atoms with E-state index in [0.717, 1.165) is 38.5 Å². The summed E-state index contributed by atoms with van der Waals surface area (Å²) in [5.74, 6) is 0. The number of hydrogen-bond acceptors (Lipinski definition) is 6. The van der Waals surface area contributed by atoms with Crippen LogP contribution in [-0.2, 0) is 18.9 Å². The number of ether oxygens (including phenoxy) is 4. The highest BCUT2D eigenvalue weighted by Gasteiger charge is 2.47. The highest BCUT2D eigenvalue weighted by molar-refractivity contribution is 4.92. The molecule has 1 rings (SSSR count). The molecule has 144 valence electrons. The van der Waals surface area contributed by atoms with Gasteiger partial charge >= 0.3 is 0 Å². The fourth-order valence-corrected chi connectivity index (χ4v) is 2.70. The molecule has 1 saturated heterocycles. The first-order valence-electron chi connectivity index (χ1n) is 9.48. The zero-order valence-electron chi connectivity index (χ0n) is 15.5. The summed E-state index contributed by atoms with van der Waals surface area (Å²) < 4.78 is 23.3. The zero-order valence-corrected chi connectivity index (χ0v) is 15.5. The van der Waals surface area contributed by atoms with E-state index in [2.05, 4.69) is 20.8 Å². The molecule has 1 fully saturated rings. The maximum Gasteiger partial charge on any atom is 0.184 e. The van der Waals surface area contributed by atoms with Gasteiger partial charge in [-0.15, -0.1) is 0 Å². The van der Waals surface area contributed by atoms with Gasteiger partial charge in [-0.2, -0.15) is 0 Å². The fraction of sp³-hybridized carbons (Fsp3) is 1.00. The van der Waals surface area contributed by atoms with E-state index in [-0.39, 0.29) is 6.61 Å². The summed E-state index contributed by atoms with van der Waals surface area (Å²) in [6.07, 6.45) is 2.65. The van der Waals surface area contributed by atoms with Crippen LogP contribution in [0, 0.1) is 0 Å². The van der Waals surface area contributed by atoms with Gasteiger partial charge in [0.05, 0.1) is 6.61 Å². The second-order valence-electron chi connectivity index (χ2n) is 6.31. The number of aliphatic hydroxyl groups excluding tert-OH is 2. The van der Waals surface area contributed by atoms with Crippen LogP contribution in [0.25, 0.3) is 0 Å². The quantitative estimate of drug-likeness (QED) is 0.497. The molecule has 0 aromatic heterocycles. The van der Waals surface area contributed by atoms with Crippen molar-refractivity contribution in [1.82, 2.24) is 0 Å². The fourth-order valence-electron chi connectivity index (χ4n) is 2.70. The molecule has 0 aromatic rings. The Kier molecular flexibility index (Phi) is 11.8. The number of hydrogen-bond donors (Lipinski definition) is 2. The lowest BCUT2D eigenvalue weighted by molar-refractivity contribution is -0.310. The minimum Gasteiger partial charge on any atom is -0.394 e. The average molecular weight is 348 g/mol. The molecule has 1 heterocycles. The largest absolute Gasteiger partial charge is 0.394 e. The lowest BCUT2D eigenvalue weighted by Crippen LogP contribution is -2.61. The Labute approximate surface area is 146 Å². The summed E-state index contributed by atoms with van der Waals surface area (Å²) in [4.78, 5) is 0. The first-order chi connectivity index (χ1) is 11.7. The third-order valence-corrected chi connectivity index (χ3v) is 4.21. The van der Waals surface area contributed by atoms with Gasteiger partial charge < -0.3 is 29.2 Å². The van der Waals surface area contributed by atoms with Crippen LogP contribution in [0.2, 0.25) is 0 Å². The summed E-state index contributed by atoms with van der Waals surface area (Å²) in [7, 11) is 0.